The Morgan fingerprint density at radius 1 is 1.14 bits per heavy atom. The predicted molar refractivity (Wildman–Crippen MR) is 77.2 cm³/mol. The molecule has 21 heavy (non-hydrogen) atoms. The van der Waals surface area contributed by atoms with Crippen molar-refractivity contribution in [2.24, 2.45) is 0 Å². The van der Waals surface area contributed by atoms with Crippen LogP contribution in [0.25, 0.3) is 0 Å². The lowest BCUT2D eigenvalue weighted by Gasteiger charge is -2.11. The Morgan fingerprint density at radius 2 is 1.86 bits per heavy atom. The number of sulfonamides is 1. The molecule has 0 radical (unpaired) electrons. The Bertz CT molecular complexity index is 781. The summed E-state index contributed by atoms with van der Waals surface area (Å²) >= 11 is 3.05. The number of hydrogen-bond donors (Lipinski definition) is 2. The summed E-state index contributed by atoms with van der Waals surface area (Å²) in [4.78, 5) is -0.204. The first-order valence-electron chi connectivity index (χ1n) is 5.70. The summed E-state index contributed by atoms with van der Waals surface area (Å²) in [6.07, 6.45) is 0. The van der Waals surface area contributed by atoms with Crippen LogP contribution in [0.3, 0.4) is 0 Å². The molecule has 0 aromatic heterocycles. The average molecular weight is 378 g/mol. The van der Waals surface area contributed by atoms with Crippen LogP contribution in [0.2, 0.25) is 0 Å². The molecule has 0 aliphatic heterocycles. The van der Waals surface area contributed by atoms with Gasteiger partial charge in [-0.3, -0.25) is 4.72 Å². The average Bonchev–Trinajstić information content (AvgIpc) is 2.42. The highest BCUT2D eigenvalue weighted by Crippen LogP contribution is 2.26. The third-order valence-electron chi connectivity index (χ3n) is 2.67. The molecule has 0 fully saturated rings. The molecule has 2 aromatic rings. The van der Waals surface area contributed by atoms with Crippen molar-refractivity contribution in [3.8, 4) is 0 Å². The van der Waals surface area contributed by atoms with Crippen LogP contribution in [-0.4, -0.2) is 13.5 Å². The zero-order chi connectivity index (χ0) is 15.6. The van der Waals surface area contributed by atoms with Crippen LogP contribution in [-0.2, 0) is 16.6 Å². The third kappa shape index (κ3) is 3.58. The Balaban J connectivity index is 2.38. The summed E-state index contributed by atoms with van der Waals surface area (Å²) in [6.45, 7) is -0.616. The number of aliphatic hydroxyl groups excluding tert-OH is 1. The maximum atomic E-state index is 13.3. The van der Waals surface area contributed by atoms with Gasteiger partial charge in [-0.25, -0.2) is 17.2 Å². The predicted octanol–water partition coefficient (Wildman–Crippen LogP) is 3.02. The highest BCUT2D eigenvalue weighted by Gasteiger charge is 2.17. The lowest BCUT2D eigenvalue weighted by atomic mass is 10.2. The van der Waals surface area contributed by atoms with Gasteiger partial charge in [0.25, 0.3) is 10.0 Å². The second-order valence-electron chi connectivity index (χ2n) is 4.14. The van der Waals surface area contributed by atoms with Gasteiger partial charge in [-0.05, 0) is 52.3 Å². The summed E-state index contributed by atoms with van der Waals surface area (Å²) < 4.78 is 53.1. The summed E-state index contributed by atoms with van der Waals surface area (Å²) in [7, 11) is -3.98. The molecule has 0 atom stereocenters. The summed E-state index contributed by atoms with van der Waals surface area (Å²) in [5.74, 6) is -1.21. The van der Waals surface area contributed by atoms with Crippen LogP contribution in [0.1, 0.15) is 5.56 Å². The van der Waals surface area contributed by atoms with Crippen molar-refractivity contribution in [3.63, 3.8) is 0 Å². The van der Waals surface area contributed by atoms with Gasteiger partial charge < -0.3 is 5.11 Å². The molecule has 0 bridgehead atoms. The van der Waals surface area contributed by atoms with Crippen molar-refractivity contribution in [1.82, 2.24) is 0 Å². The van der Waals surface area contributed by atoms with Crippen molar-refractivity contribution in [2.45, 2.75) is 11.5 Å². The van der Waals surface area contributed by atoms with E-state index in [9.17, 15) is 17.2 Å². The van der Waals surface area contributed by atoms with Gasteiger partial charge >= 0.3 is 0 Å². The van der Waals surface area contributed by atoms with Crippen molar-refractivity contribution in [1.29, 1.82) is 0 Å². The Hall–Kier alpha value is -1.51. The van der Waals surface area contributed by atoms with Crippen LogP contribution < -0.4 is 4.72 Å². The van der Waals surface area contributed by atoms with Gasteiger partial charge in [0.1, 0.15) is 11.6 Å². The monoisotopic (exact) mass is 377 g/mol. The van der Waals surface area contributed by atoms with Crippen LogP contribution in [0.4, 0.5) is 14.5 Å². The normalized spacial score (nSPS) is 11.4. The van der Waals surface area contributed by atoms with E-state index < -0.39 is 28.3 Å². The summed E-state index contributed by atoms with van der Waals surface area (Å²) in [5, 5.41) is 8.97. The van der Waals surface area contributed by atoms with E-state index in [1.54, 1.807) is 0 Å². The van der Waals surface area contributed by atoms with Gasteiger partial charge in [-0.1, -0.05) is 0 Å². The second kappa shape index (κ2) is 6.08. The fraction of sp³-hybridized carbons (Fsp3) is 0.0769. The lowest BCUT2D eigenvalue weighted by molar-refractivity contribution is 0.275. The molecule has 2 aromatic carbocycles. The highest BCUT2D eigenvalue weighted by atomic mass is 79.9. The first-order valence-corrected chi connectivity index (χ1v) is 7.98. The fourth-order valence-electron chi connectivity index (χ4n) is 1.62. The smallest absolute Gasteiger partial charge is 0.261 e. The van der Waals surface area contributed by atoms with Gasteiger partial charge in [-0.15, -0.1) is 0 Å². The van der Waals surface area contributed by atoms with E-state index in [0.717, 1.165) is 30.3 Å². The Kier molecular flexibility index (Phi) is 4.60. The van der Waals surface area contributed by atoms with E-state index in [2.05, 4.69) is 20.7 Å². The molecule has 2 rings (SSSR count). The molecule has 0 saturated heterocycles. The van der Waals surface area contributed by atoms with Gasteiger partial charge in [0.05, 0.1) is 17.2 Å². The van der Waals surface area contributed by atoms with E-state index >= 15 is 0 Å². The summed E-state index contributed by atoms with van der Waals surface area (Å²) in [5.41, 5.74) is 0.0160. The lowest BCUT2D eigenvalue weighted by Crippen LogP contribution is -2.14. The standard InChI is InChI=1S/C13H10BrF2NO3S/c14-11-6-9(15)1-4-13(11)17-21(19,20)10-2-3-12(16)8(5-10)7-18/h1-6,17-18H,7H2. The van der Waals surface area contributed by atoms with Gasteiger partial charge in [-0.2, -0.15) is 0 Å². The number of aliphatic hydroxyl groups is 1. The van der Waals surface area contributed by atoms with E-state index in [1.807, 2.05) is 0 Å². The van der Waals surface area contributed by atoms with Crippen LogP contribution >= 0.6 is 15.9 Å². The largest absolute Gasteiger partial charge is 0.392 e. The van der Waals surface area contributed by atoms with Gasteiger partial charge in [0.2, 0.25) is 0 Å². The molecule has 8 heteroatoms. The number of rotatable bonds is 4. The number of halogens is 3. The topological polar surface area (TPSA) is 66.4 Å². The van der Waals surface area contributed by atoms with E-state index in [0.29, 0.717) is 0 Å². The maximum absolute atomic E-state index is 13.3. The molecule has 0 aliphatic rings. The molecule has 0 heterocycles. The fourth-order valence-corrected chi connectivity index (χ4v) is 3.33. The first kappa shape index (κ1) is 15.9. The van der Waals surface area contributed by atoms with Gasteiger partial charge in [0, 0.05) is 10.0 Å². The maximum Gasteiger partial charge on any atom is 0.261 e. The SMILES string of the molecule is O=S(=O)(Nc1ccc(F)cc1Br)c1ccc(F)c(CO)c1. The van der Waals surface area contributed by atoms with Crippen molar-refractivity contribution >= 4 is 31.6 Å². The van der Waals surface area contributed by atoms with Crippen molar-refractivity contribution in [3.05, 3.63) is 58.1 Å². The highest BCUT2D eigenvalue weighted by molar-refractivity contribution is 9.10. The Labute approximate surface area is 128 Å². The van der Waals surface area contributed by atoms with E-state index in [4.69, 9.17) is 5.11 Å². The molecule has 0 aliphatic carbocycles. The molecule has 0 spiro atoms. The number of anilines is 1. The molecule has 0 saturated carbocycles. The number of benzene rings is 2. The minimum atomic E-state index is -3.98. The molecule has 112 valence electrons. The van der Waals surface area contributed by atoms with Gasteiger partial charge in [0.15, 0.2) is 0 Å². The van der Waals surface area contributed by atoms with Crippen molar-refractivity contribution in [2.75, 3.05) is 4.72 Å². The molecule has 0 amide bonds. The molecular formula is C13H10BrF2NO3S. The number of hydrogen-bond acceptors (Lipinski definition) is 3. The molecule has 4 nitrogen and oxygen atoms in total. The van der Waals surface area contributed by atoms with E-state index in [-0.39, 0.29) is 20.6 Å². The zero-order valence-electron chi connectivity index (χ0n) is 10.5. The molecule has 0 unspecified atom stereocenters. The van der Waals surface area contributed by atoms with Crippen LogP contribution in [0, 0.1) is 11.6 Å². The summed E-state index contributed by atoms with van der Waals surface area (Å²) in [6, 6.07) is 6.55. The first-order chi connectivity index (χ1) is 9.83. The minimum Gasteiger partial charge on any atom is -0.392 e. The Morgan fingerprint density at radius 3 is 2.48 bits per heavy atom. The van der Waals surface area contributed by atoms with Crippen LogP contribution in [0.5, 0.6) is 0 Å². The molecular weight excluding hydrogens is 368 g/mol. The quantitative estimate of drug-likeness (QED) is 0.860. The van der Waals surface area contributed by atoms with Crippen LogP contribution in [0.15, 0.2) is 45.8 Å². The number of nitrogens with one attached hydrogen (secondary N) is 1. The zero-order valence-corrected chi connectivity index (χ0v) is 12.9. The van der Waals surface area contributed by atoms with E-state index in [1.165, 1.54) is 6.07 Å². The second-order valence-corrected chi connectivity index (χ2v) is 6.68. The third-order valence-corrected chi connectivity index (χ3v) is 4.69. The minimum absolute atomic E-state index is 0.129. The molecule has 2 N–H and O–H groups in total. The van der Waals surface area contributed by atoms with Crippen molar-refractivity contribution < 1.29 is 22.3 Å².